The van der Waals surface area contributed by atoms with Crippen molar-refractivity contribution in [2.24, 2.45) is 23.7 Å². The van der Waals surface area contributed by atoms with E-state index in [-0.39, 0.29) is 0 Å². The summed E-state index contributed by atoms with van der Waals surface area (Å²) in [5.41, 5.74) is -1.21. The summed E-state index contributed by atoms with van der Waals surface area (Å²) in [6.07, 6.45) is 5.27. The van der Waals surface area contributed by atoms with Crippen LogP contribution in [0.15, 0.2) is 0 Å². The summed E-state index contributed by atoms with van der Waals surface area (Å²) in [5, 5.41) is 12.7. The van der Waals surface area contributed by atoms with Gasteiger partial charge in [-0.15, -0.1) is 0 Å². The Morgan fingerprint density at radius 1 is 1.15 bits per heavy atom. The minimum Gasteiger partial charge on any atom is -0.444 e. The van der Waals surface area contributed by atoms with Crippen molar-refractivity contribution in [1.29, 1.82) is 5.26 Å². The second-order valence-corrected chi connectivity index (χ2v) is 7.91. The second-order valence-electron chi connectivity index (χ2n) is 7.91. The number of carbonyl (C=O) groups is 1. The van der Waals surface area contributed by atoms with Gasteiger partial charge >= 0.3 is 6.09 Å². The molecule has 0 aromatic carbocycles. The monoisotopic (exact) mass is 276 g/mol. The molecule has 4 aliphatic carbocycles. The van der Waals surface area contributed by atoms with Gasteiger partial charge in [-0.2, -0.15) is 5.26 Å². The SMILES string of the molecule is CC(C)(C)OC(=O)NC1(C#N)C2CC3CC(C2)CC1C3. The summed E-state index contributed by atoms with van der Waals surface area (Å²) in [6, 6.07) is 2.47. The van der Waals surface area contributed by atoms with Crippen LogP contribution in [-0.4, -0.2) is 17.2 Å². The Labute approximate surface area is 120 Å². The highest BCUT2D eigenvalue weighted by molar-refractivity contribution is 5.70. The summed E-state index contributed by atoms with van der Waals surface area (Å²) < 4.78 is 5.37. The third-order valence-corrected chi connectivity index (χ3v) is 5.32. The highest BCUT2D eigenvalue weighted by Crippen LogP contribution is 2.58. The first-order valence-electron chi connectivity index (χ1n) is 7.75. The maximum absolute atomic E-state index is 12.1. The lowest BCUT2D eigenvalue weighted by atomic mass is 9.49. The van der Waals surface area contributed by atoms with Gasteiger partial charge in [-0.3, -0.25) is 0 Å². The van der Waals surface area contributed by atoms with E-state index in [1.807, 2.05) is 20.8 Å². The fourth-order valence-electron chi connectivity index (χ4n) is 4.81. The van der Waals surface area contributed by atoms with Gasteiger partial charge in [-0.05, 0) is 76.5 Å². The van der Waals surface area contributed by atoms with Gasteiger partial charge in [-0.25, -0.2) is 4.79 Å². The molecule has 110 valence electrons. The summed E-state index contributed by atoms with van der Waals surface area (Å²) in [4.78, 5) is 12.1. The number of alkyl carbamates (subject to hydrolysis) is 1. The van der Waals surface area contributed by atoms with Crippen molar-refractivity contribution in [3.8, 4) is 6.07 Å². The lowest BCUT2D eigenvalue weighted by molar-refractivity contribution is -0.0499. The number of nitriles is 1. The van der Waals surface area contributed by atoms with E-state index in [1.165, 1.54) is 6.42 Å². The first-order chi connectivity index (χ1) is 9.32. The van der Waals surface area contributed by atoms with Crippen molar-refractivity contribution >= 4 is 6.09 Å². The van der Waals surface area contributed by atoms with Crippen LogP contribution in [0.4, 0.5) is 4.79 Å². The summed E-state index contributed by atoms with van der Waals surface area (Å²) in [7, 11) is 0. The summed E-state index contributed by atoms with van der Waals surface area (Å²) >= 11 is 0. The molecule has 0 atom stereocenters. The van der Waals surface area contributed by atoms with E-state index in [0.717, 1.165) is 37.5 Å². The van der Waals surface area contributed by atoms with E-state index in [4.69, 9.17) is 4.74 Å². The molecule has 4 fully saturated rings. The van der Waals surface area contributed by atoms with E-state index in [0.29, 0.717) is 11.8 Å². The van der Waals surface area contributed by atoms with Crippen molar-refractivity contribution in [3.63, 3.8) is 0 Å². The van der Waals surface area contributed by atoms with Gasteiger partial charge in [0.15, 0.2) is 0 Å². The van der Waals surface area contributed by atoms with Crippen LogP contribution in [0.25, 0.3) is 0 Å². The van der Waals surface area contributed by atoms with Crippen molar-refractivity contribution < 1.29 is 9.53 Å². The Hall–Kier alpha value is -1.24. The van der Waals surface area contributed by atoms with Gasteiger partial charge in [0.1, 0.15) is 11.1 Å². The van der Waals surface area contributed by atoms with Crippen LogP contribution in [0.3, 0.4) is 0 Å². The molecular formula is C16H24N2O2. The van der Waals surface area contributed by atoms with Crippen LogP contribution in [0.1, 0.15) is 52.9 Å². The molecule has 4 nitrogen and oxygen atoms in total. The standard InChI is InChI=1S/C16H24N2O2/c1-15(2,3)20-14(19)18-16(9-17)12-5-10-4-11(7-12)8-13(16)6-10/h10-13H,4-8H2,1-3H3,(H,18,19). The van der Waals surface area contributed by atoms with Crippen molar-refractivity contribution in [1.82, 2.24) is 5.32 Å². The molecule has 0 aromatic rings. The van der Waals surface area contributed by atoms with Gasteiger partial charge in [0, 0.05) is 0 Å². The van der Waals surface area contributed by atoms with Crippen LogP contribution in [0.5, 0.6) is 0 Å². The fraction of sp³-hybridized carbons (Fsp3) is 0.875. The molecule has 4 aliphatic rings. The zero-order valence-electron chi connectivity index (χ0n) is 12.6. The Bertz CT molecular complexity index is 430. The van der Waals surface area contributed by atoms with Crippen LogP contribution >= 0.6 is 0 Å². The first-order valence-corrected chi connectivity index (χ1v) is 7.75. The minimum atomic E-state index is -0.685. The van der Waals surface area contributed by atoms with Crippen LogP contribution in [-0.2, 0) is 4.74 Å². The molecule has 0 aromatic heterocycles. The predicted molar refractivity (Wildman–Crippen MR) is 74.8 cm³/mol. The van der Waals surface area contributed by atoms with Gasteiger partial charge < -0.3 is 10.1 Å². The van der Waals surface area contributed by atoms with Crippen LogP contribution in [0, 0.1) is 35.0 Å². The van der Waals surface area contributed by atoms with Crippen molar-refractivity contribution in [2.45, 2.75) is 64.0 Å². The van der Waals surface area contributed by atoms with E-state index < -0.39 is 17.2 Å². The highest BCUT2D eigenvalue weighted by atomic mass is 16.6. The van der Waals surface area contributed by atoms with Gasteiger partial charge in [-0.1, -0.05) is 0 Å². The number of nitrogens with zero attached hydrogens (tertiary/aromatic N) is 1. The second kappa shape index (κ2) is 4.38. The smallest absolute Gasteiger partial charge is 0.408 e. The zero-order valence-corrected chi connectivity index (χ0v) is 12.6. The molecule has 0 unspecified atom stereocenters. The molecule has 4 rings (SSSR count). The van der Waals surface area contributed by atoms with E-state index in [9.17, 15) is 10.1 Å². The number of hydrogen-bond donors (Lipinski definition) is 1. The third kappa shape index (κ3) is 2.17. The van der Waals surface area contributed by atoms with Gasteiger partial charge in [0.25, 0.3) is 0 Å². The Kier molecular flexibility index (Phi) is 3.00. The summed E-state index contributed by atoms with van der Waals surface area (Å²) in [5.74, 6) is 2.19. The van der Waals surface area contributed by atoms with Crippen molar-refractivity contribution in [3.05, 3.63) is 0 Å². The zero-order chi connectivity index (χ0) is 14.5. The molecule has 4 saturated carbocycles. The normalized spacial score (nSPS) is 42.1. The summed E-state index contributed by atoms with van der Waals surface area (Å²) in [6.45, 7) is 5.55. The van der Waals surface area contributed by atoms with Crippen molar-refractivity contribution in [2.75, 3.05) is 0 Å². The fourth-order valence-corrected chi connectivity index (χ4v) is 4.81. The number of rotatable bonds is 1. The topological polar surface area (TPSA) is 62.1 Å². The van der Waals surface area contributed by atoms with E-state index in [2.05, 4.69) is 11.4 Å². The van der Waals surface area contributed by atoms with E-state index in [1.54, 1.807) is 0 Å². The average Bonchev–Trinajstić information content (AvgIpc) is 2.30. The molecule has 0 saturated heterocycles. The number of hydrogen-bond acceptors (Lipinski definition) is 3. The number of amides is 1. The van der Waals surface area contributed by atoms with Gasteiger partial charge in [0.05, 0.1) is 6.07 Å². The first kappa shape index (κ1) is 13.7. The van der Waals surface area contributed by atoms with Gasteiger partial charge in [0.2, 0.25) is 0 Å². The lowest BCUT2D eigenvalue weighted by Gasteiger charge is -2.58. The molecule has 20 heavy (non-hydrogen) atoms. The molecule has 4 bridgehead atoms. The lowest BCUT2D eigenvalue weighted by Crippen LogP contribution is -2.65. The van der Waals surface area contributed by atoms with E-state index >= 15 is 0 Å². The molecule has 1 N–H and O–H groups in total. The predicted octanol–water partition coefficient (Wildman–Crippen LogP) is 3.23. The largest absolute Gasteiger partial charge is 0.444 e. The van der Waals surface area contributed by atoms with Crippen LogP contribution in [0.2, 0.25) is 0 Å². The molecule has 0 spiro atoms. The maximum atomic E-state index is 12.1. The highest BCUT2D eigenvalue weighted by Gasteiger charge is 2.58. The molecule has 0 heterocycles. The Morgan fingerprint density at radius 2 is 1.65 bits per heavy atom. The molecule has 0 radical (unpaired) electrons. The molecule has 1 amide bonds. The molecule has 0 aliphatic heterocycles. The number of ether oxygens (including phenoxy) is 1. The maximum Gasteiger partial charge on any atom is 0.408 e. The molecular weight excluding hydrogens is 252 g/mol. The van der Waals surface area contributed by atoms with Crippen LogP contribution < -0.4 is 5.32 Å². The average molecular weight is 276 g/mol. The molecule has 4 heteroatoms. The quantitative estimate of drug-likeness (QED) is 0.799. The Morgan fingerprint density at radius 3 is 2.05 bits per heavy atom. The Balaban J connectivity index is 1.79. The number of carbonyl (C=O) groups excluding carboxylic acids is 1. The number of nitrogens with one attached hydrogen (secondary N) is 1. The third-order valence-electron chi connectivity index (χ3n) is 5.32. The minimum absolute atomic E-state index is 0.316.